The van der Waals surface area contributed by atoms with Gasteiger partial charge in [0.1, 0.15) is 0 Å². The van der Waals surface area contributed by atoms with Crippen molar-refractivity contribution in [3.63, 3.8) is 0 Å². The van der Waals surface area contributed by atoms with Gasteiger partial charge in [0, 0.05) is 31.3 Å². The highest BCUT2D eigenvalue weighted by atomic mass is 16.1. The Hall–Kier alpha value is -1.25. The molecule has 0 unspecified atom stereocenters. The van der Waals surface area contributed by atoms with Crippen LogP contribution >= 0.6 is 0 Å². The Kier molecular flexibility index (Phi) is 6.28. The number of nitrogens with zero attached hydrogens (tertiary/aromatic N) is 1. The van der Waals surface area contributed by atoms with Gasteiger partial charge in [-0.05, 0) is 27.7 Å². The highest BCUT2D eigenvalue weighted by molar-refractivity contribution is 5.95. The molecule has 0 saturated carbocycles. The van der Waals surface area contributed by atoms with Crippen LogP contribution in [0.25, 0.3) is 0 Å². The fraction of sp³-hybridized carbons (Fsp3) is 0.643. The number of rotatable bonds is 2. The predicted molar refractivity (Wildman–Crippen MR) is 77.0 cm³/mol. The third-order valence-corrected chi connectivity index (χ3v) is 2.28. The number of carbonyl (C=O) groups excluding carboxylic acids is 1. The number of anilines is 1. The van der Waals surface area contributed by atoms with Crippen LogP contribution in [0.5, 0.6) is 0 Å². The van der Waals surface area contributed by atoms with Crippen LogP contribution in [-0.2, 0) is 7.05 Å². The largest absolute Gasteiger partial charge is 0.379 e. The Morgan fingerprint density at radius 2 is 1.76 bits per heavy atom. The second-order valence-electron chi connectivity index (χ2n) is 5.06. The summed E-state index contributed by atoms with van der Waals surface area (Å²) in [6, 6.07) is 0. The van der Waals surface area contributed by atoms with Crippen molar-refractivity contribution in [2.75, 3.05) is 5.32 Å². The Bertz CT molecular complexity index is 384. The smallest absolute Gasteiger partial charge is 0.176 e. The summed E-state index contributed by atoms with van der Waals surface area (Å²) >= 11 is 0. The summed E-state index contributed by atoms with van der Waals surface area (Å²) in [6.45, 7) is 9.89. The van der Waals surface area contributed by atoms with Crippen molar-refractivity contribution < 1.29 is 4.79 Å². The van der Waals surface area contributed by atoms with Crippen molar-refractivity contribution in [2.45, 2.75) is 55.0 Å². The van der Waals surface area contributed by atoms with Gasteiger partial charge in [0.25, 0.3) is 0 Å². The van der Waals surface area contributed by atoms with Crippen molar-refractivity contribution in [3.05, 3.63) is 17.5 Å². The molecule has 100 valence electrons. The molecule has 3 heteroatoms. The molecule has 1 aromatic heterocycles. The Morgan fingerprint density at radius 3 is 2.06 bits per heavy atom. The highest BCUT2D eigenvalue weighted by Crippen LogP contribution is 2.24. The number of Topliss-reactive ketones (excluding diaryl/α,β-unsaturated/α-hetero) is 1. The molecule has 0 atom stereocenters. The lowest BCUT2D eigenvalue weighted by molar-refractivity contribution is 0.100. The van der Waals surface area contributed by atoms with Gasteiger partial charge in [0.05, 0.1) is 11.4 Å². The zero-order chi connectivity index (χ0) is 11.8. The van der Waals surface area contributed by atoms with E-state index in [-0.39, 0.29) is 26.2 Å². The first-order valence-electron chi connectivity index (χ1n) is 5.17. The summed E-state index contributed by atoms with van der Waals surface area (Å²) in [5.74, 6) is 0.108. The van der Waals surface area contributed by atoms with Crippen molar-refractivity contribution in [1.82, 2.24) is 4.57 Å². The van der Waals surface area contributed by atoms with Gasteiger partial charge >= 0.3 is 0 Å². The van der Waals surface area contributed by atoms with E-state index < -0.39 is 0 Å². The molecule has 0 radical (unpaired) electrons. The Balaban J connectivity index is 0. The van der Waals surface area contributed by atoms with Crippen molar-refractivity contribution >= 4 is 11.5 Å². The zero-order valence-corrected chi connectivity index (χ0v) is 10.4. The van der Waals surface area contributed by atoms with Crippen LogP contribution in [-0.4, -0.2) is 15.9 Å². The molecule has 0 aliphatic rings. The van der Waals surface area contributed by atoms with Crippen molar-refractivity contribution in [3.8, 4) is 0 Å². The number of hydrogen-bond acceptors (Lipinski definition) is 2. The van der Waals surface area contributed by atoms with Gasteiger partial charge < -0.3 is 9.88 Å². The molecule has 0 aromatic carbocycles. The molecule has 0 aliphatic carbocycles. The molecule has 1 heterocycles. The second kappa shape index (κ2) is 5.89. The maximum absolute atomic E-state index is 11.4. The number of aromatic nitrogens is 1. The second-order valence-corrected chi connectivity index (χ2v) is 5.06. The molecular weight excluding hydrogens is 212 g/mol. The number of hydrogen-bond donors (Lipinski definition) is 1. The van der Waals surface area contributed by atoms with Gasteiger partial charge in [-0.25, -0.2) is 0 Å². The van der Waals surface area contributed by atoms with Crippen molar-refractivity contribution in [1.29, 1.82) is 0 Å². The number of nitrogens with one attached hydrogen (secondary N) is 1. The first-order chi connectivity index (χ1) is 6.72. The van der Waals surface area contributed by atoms with E-state index in [1.54, 1.807) is 6.92 Å². The third-order valence-electron chi connectivity index (χ3n) is 2.28. The summed E-state index contributed by atoms with van der Waals surface area (Å²) in [4.78, 5) is 11.4. The highest BCUT2D eigenvalue weighted by Gasteiger charge is 2.17. The van der Waals surface area contributed by atoms with Gasteiger partial charge in [-0.1, -0.05) is 14.9 Å². The van der Waals surface area contributed by atoms with Gasteiger partial charge in [-0.2, -0.15) is 0 Å². The standard InChI is InChI=1S/C12H20N2O.2CH4/c1-8-10(13-12(3,4)5)7-14(6)11(8)9(2)15;;/h7,13H,1-6H3;2*1H4. The van der Waals surface area contributed by atoms with E-state index in [1.807, 2.05) is 24.7 Å². The summed E-state index contributed by atoms with van der Waals surface area (Å²) in [5.41, 5.74) is 2.86. The van der Waals surface area contributed by atoms with Crippen LogP contribution in [0.4, 0.5) is 5.69 Å². The van der Waals surface area contributed by atoms with Gasteiger partial charge in [-0.3, -0.25) is 4.79 Å². The average molecular weight is 240 g/mol. The minimum Gasteiger partial charge on any atom is -0.379 e. The quantitative estimate of drug-likeness (QED) is 0.792. The molecule has 0 spiro atoms. The normalized spacial score (nSPS) is 10.2. The van der Waals surface area contributed by atoms with Crippen LogP contribution in [0.1, 0.15) is 58.6 Å². The molecule has 0 fully saturated rings. The summed E-state index contributed by atoms with van der Waals surface area (Å²) in [6.07, 6.45) is 1.97. The lowest BCUT2D eigenvalue weighted by Crippen LogP contribution is -2.26. The van der Waals surface area contributed by atoms with E-state index in [0.29, 0.717) is 0 Å². The first-order valence-corrected chi connectivity index (χ1v) is 5.17. The first kappa shape index (κ1) is 18.1. The van der Waals surface area contributed by atoms with Crippen LogP contribution in [0.3, 0.4) is 0 Å². The number of ketones is 1. The summed E-state index contributed by atoms with van der Waals surface area (Å²) in [5, 5.41) is 3.39. The van der Waals surface area contributed by atoms with E-state index in [4.69, 9.17) is 0 Å². The van der Waals surface area contributed by atoms with E-state index in [0.717, 1.165) is 16.9 Å². The van der Waals surface area contributed by atoms with Gasteiger partial charge in [-0.15, -0.1) is 0 Å². The van der Waals surface area contributed by atoms with E-state index in [9.17, 15) is 4.79 Å². The SMILES string of the molecule is C.C.CC(=O)c1c(C)c(NC(C)(C)C)cn1C. The molecule has 0 aliphatic heterocycles. The van der Waals surface area contributed by atoms with Crippen LogP contribution < -0.4 is 5.32 Å². The fourth-order valence-electron chi connectivity index (χ4n) is 1.79. The molecule has 3 nitrogen and oxygen atoms in total. The molecule has 0 amide bonds. The third kappa shape index (κ3) is 4.25. The summed E-state index contributed by atoms with van der Waals surface area (Å²) < 4.78 is 1.88. The number of aryl methyl sites for hydroxylation is 1. The average Bonchev–Trinajstić information content (AvgIpc) is 2.23. The summed E-state index contributed by atoms with van der Waals surface area (Å²) in [7, 11) is 1.90. The minimum atomic E-state index is 0. The maximum atomic E-state index is 11.4. The topological polar surface area (TPSA) is 34.0 Å². The van der Waals surface area contributed by atoms with Crippen LogP contribution in [0.15, 0.2) is 6.20 Å². The predicted octanol–water partition coefficient (Wildman–Crippen LogP) is 4.02. The number of carbonyl (C=O) groups is 1. The minimum absolute atomic E-state index is 0. The molecule has 1 rings (SSSR count). The lowest BCUT2D eigenvalue weighted by atomic mass is 10.1. The van der Waals surface area contributed by atoms with E-state index >= 15 is 0 Å². The zero-order valence-electron chi connectivity index (χ0n) is 10.4. The Labute approximate surface area is 106 Å². The maximum Gasteiger partial charge on any atom is 0.176 e. The fourth-order valence-corrected chi connectivity index (χ4v) is 1.79. The molecule has 0 bridgehead atoms. The van der Waals surface area contributed by atoms with Crippen molar-refractivity contribution in [2.24, 2.45) is 7.05 Å². The molecule has 1 N–H and O–H groups in total. The van der Waals surface area contributed by atoms with Gasteiger partial charge in [0.15, 0.2) is 5.78 Å². The molecule has 0 saturated heterocycles. The van der Waals surface area contributed by atoms with E-state index in [1.165, 1.54) is 0 Å². The van der Waals surface area contributed by atoms with E-state index in [2.05, 4.69) is 26.1 Å². The monoisotopic (exact) mass is 240 g/mol. The molecule has 1 aromatic rings. The molecular formula is C14H28N2O. The van der Waals surface area contributed by atoms with Crippen LogP contribution in [0, 0.1) is 6.92 Å². The van der Waals surface area contributed by atoms with Crippen LogP contribution in [0.2, 0.25) is 0 Å². The van der Waals surface area contributed by atoms with Gasteiger partial charge in [0.2, 0.25) is 0 Å². The molecule has 17 heavy (non-hydrogen) atoms. The lowest BCUT2D eigenvalue weighted by Gasteiger charge is -2.21. The Morgan fingerprint density at radius 1 is 1.29 bits per heavy atom.